The molecule has 0 radical (unpaired) electrons. The number of aromatic nitrogens is 2. The number of methoxy groups -OCH3 is 1. The van der Waals surface area contributed by atoms with Crippen molar-refractivity contribution in [3.8, 4) is 11.5 Å². The Morgan fingerprint density at radius 2 is 1.74 bits per heavy atom. The van der Waals surface area contributed by atoms with Gasteiger partial charge in [-0.2, -0.15) is 0 Å². The lowest BCUT2D eigenvalue weighted by atomic mass is 9.95. The molecule has 38 heavy (non-hydrogen) atoms. The molecule has 4 aromatic rings. The third kappa shape index (κ3) is 4.88. The largest absolute Gasteiger partial charge is 0.507 e. The molecule has 9 heteroatoms. The third-order valence-corrected chi connectivity index (χ3v) is 7.03. The highest BCUT2D eigenvalue weighted by atomic mass is 32.1. The highest BCUT2D eigenvalue weighted by molar-refractivity contribution is 7.15. The van der Waals surface area contributed by atoms with E-state index in [0.29, 0.717) is 34.2 Å². The summed E-state index contributed by atoms with van der Waals surface area (Å²) >= 11 is 1.19. The molecule has 8 nitrogen and oxygen atoms in total. The Morgan fingerprint density at radius 1 is 0.974 bits per heavy atom. The van der Waals surface area contributed by atoms with Crippen LogP contribution in [0.1, 0.15) is 33.3 Å². The topological polar surface area (TPSA) is 102 Å². The molecular formula is C29H25N3O5S. The van der Waals surface area contributed by atoms with E-state index >= 15 is 0 Å². The summed E-state index contributed by atoms with van der Waals surface area (Å²) in [5, 5.41) is 20.4. The van der Waals surface area contributed by atoms with Crippen molar-refractivity contribution in [2.75, 3.05) is 12.0 Å². The number of hydrogen-bond donors (Lipinski definition) is 1. The van der Waals surface area contributed by atoms with Gasteiger partial charge in [0.05, 0.1) is 18.7 Å². The number of aliphatic hydroxyl groups excluding tert-OH is 1. The summed E-state index contributed by atoms with van der Waals surface area (Å²) in [6, 6.07) is 20.9. The van der Waals surface area contributed by atoms with Crippen LogP contribution in [0.4, 0.5) is 5.13 Å². The molecule has 1 N–H and O–H groups in total. The third-order valence-electron chi connectivity index (χ3n) is 6.19. The van der Waals surface area contributed by atoms with E-state index in [1.54, 1.807) is 55.5 Å². The van der Waals surface area contributed by atoms with Gasteiger partial charge in [-0.25, -0.2) is 0 Å². The molecule has 1 aliphatic heterocycles. The predicted molar refractivity (Wildman–Crippen MR) is 144 cm³/mol. The molecule has 1 amide bonds. The molecule has 0 bridgehead atoms. The normalized spacial score (nSPS) is 16.6. The predicted octanol–water partition coefficient (Wildman–Crippen LogP) is 5.37. The van der Waals surface area contributed by atoms with Crippen LogP contribution in [0.3, 0.4) is 0 Å². The van der Waals surface area contributed by atoms with Crippen molar-refractivity contribution in [2.45, 2.75) is 26.5 Å². The number of amides is 1. The van der Waals surface area contributed by atoms with Crippen LogP contribution >= 0.6 is 11.3 Å². The first-order valence-electron chi connectivity index (χ1n) is 11.9. The van der Waals surface area contributed by atoms with Gasteiger partial charge in [0, 0.05) is 5.56 Å². The van der Waals surface area contributed by atoms with Gasteiger partial charge < -0.3 is 14.6 Å². The lowest BCUT2D eigenvalue weighted by Gasteiger charge is -2.23. The molecule has 1 saturated heterocycles. The van der Waals surface area contributed by atoms with Crippen LogP contribution in [0.2, 0.25) is 0 Å². The van der Waals surface area contributed by atoms with Gasteiger partial charge in [0.2, 0.25) is 5.13 Å². The average molecular weight is 528 g/mol. The van der Waals surface area contributed by atoms with Crippen LogP contribution < -0.4 is 14.4 Å². The number of carbonyl (C=O) groups is 2. The number of Topliss-reactive ketones (excluding diaryl/α,β-unsaturated/α-hetero) is 1. The quantitative estimate of drug-likeness (QED) is 0.196. The number of ether oxygens (including phenoxy) is 2. The molecule has 2 heterocycles. The van der Waals surface area contributed by atoms with E-state index in [9.17, 15) is 14.7 Å². The molecule has 0 aliphatic carbocycles. The number of benzene rings is 3. The number of hydrogen-bond acceptors (Lipinski definition) is 8. The van der Waals surface area contributed by atoms with Crippen molar-refractivity contribution in [2.24, 2.45) is 0 Å². The minimum atomic E-state index is -0.908. The number of aryl methyl sites for hydroxylation is 2. The Kier molecular flexibility index (Phi) is 6.93. The summed E-state index contributed by atoms with van der Waals surface area (Å²) in [5.74, 6) is -0.712. The first kappa shape index (κ1) is 25.2. The highest BCUT2D eigenvalue weighted by Crippen LogP contribution is 2.43. The van der Waals surface area contributed by atoms with Gasteiger partial charge in [-0.3, -0.25) is 14.5 Å². The van der Waals surface area contributed by atoms with Crippen molar-refractivity contribution in [3.63, 3.8) is 0 Å². The number of nitrogens with zero attached hydrogens (tertiary/aromatic N) is 3. The van der Waals surface area contributed by atoms with Gasteiger partial charge in [0.1, 0.15) is 28.9 Å². The zero-order chi connectivity index (χ0) is 26.8. The second-order valence-electron chi connectivity index (χ2n) is 8.85. The van der Waals surface area contributed by atoms with Gasteiger partial charge in [0.25, 0.3) is 5.78 Å². The van der Waals surface area contributed by atoms with E-state index < -0.39 is 17.7 Å². The fraction of sp³-hybridized carbons (Fsp3) is 0.172. The molecule has 1 atom stereocenters. The van der Waals surface area contributed by atoms with Crippen molar-refractivity contribution >= 4 is 33.9 Å². The first-order chi connectivity index (χ1) is 18.4. The van der Waals surface area contributed by atoms with Crippen LogP contribution in [0, 0.1) is 13.8 Å². The van der Waals surface area contributed by atoms with Crippen molar-refractivity contribution in [1.82, 2.24) is 10.2 Å². The fourth-order valence-electron chi connectivity index (χ4n) is 4.37. The standard InChI is InChI=1S/C29H25N3O5S/c1-17-6-4-7-19(14-17)16-37-22-12-10-20(11-13-22)26(33)24-25(21-8-5-9-23(15-21)36-3)32(28(35)27(24)34)29-31-30-18(2)38-29/h4-15,25,33H,16H2,1-3H3. The Balaban J connectivity index is 1.51. The Labute approximate surface area is 223 Å². The van der Waals surface area contributed by atoms with E-state index in [-0.39, 0.29) is 16.5 Å². The van der Waals surface area contributed by atoms with Crippen LogP contribution in [-0.2, 0) is 16.2 Å². The number of aliphatic hydroxyl groups is 1. The summed E-state index contributed by atoms with van der Waals surface area (Å²) in [6.45, 7) is 4.19. The maximum atomic E-state index is 13.3. The summed E-state index contributed by atoms with van der Waals surface area (Å²) in [6.07, 6.45) is 0. The van der Waals surface area contributed by atoms with Crippen LogP contribution in [-0.4, -0.2) is 34.1 Å². The SMILES string of the molecule is COc1cccc(C2C(=C(O)c3ccc(OCc4cccc(C)c4)cc3)C(=O)C(=O)N2c2nnc(C)s2)c1. The Bertz CT molecular complexity index is 1540. The van der Waals surface area contributed by atoms with Crippen molar-refractivity contribution in [3.05, 3.63) is 106 Å². The lowest BCUT2D eigenvalue weighted by Crippen LogP contribution is -2.29. The smallest absolute Gasteiger partial charge is 0.301 e. The molecule has 0 saturated carbocycles. The summed E-state index contributed by atoms with van der Waals surface area (Å²) in [4.78, 5) is 27.8. The highest BCUT2D eigenvalue weighted by Gasteiger charge is 2.48. The van der Waals surface area contributed by atoms with E-state index in [0.717, 1.165) is 11.1 Å². The molecular weight excluding hydrogens is 502 g/mol. The second-order valence-corrected chi connectivity index (χ2v) is 10.0. The molecule has 1 aromatic heterocycles. The maximum Gasteiger partial charge on any atom is 0.301 e. The Morgan fingerprint density at radius 3 is 2.42 bits per heavy atom. The molecule has 3 aromatic carbocycles. The summed E-state index contributed by atoms with van der Waals surface area (Å²) < 4.78 is 11.2. The number of ketones is 1. The van der Waals surface area contributed by atoms with Crippen molar-refractivity contribution in [1.29, 1.82) is 0 Å². The zero-order valence-corrected chi connectivity index (χ0v) is 21.9. The van der Waals surface area contributed by atoms with E-state index in [4.69, 9.17) is 9.47 Å². The number of anilines is 1. The first-order valence-corrected chi connectivity index (χ1v) is 12.7. The summed E-state index contributed by atoms with van der Waals surface area (Å²) in [7, 11) is 1.53. The monoisotopic (exact) mass is 527 g/mol. The molecule has 5 rings (SSSR count). The average Bonchev–Trinajstić information content (AvgIpc) is 3.47. The Hall–Kier alpha value is -4.50. The van der Waals surface area contributed by atoms with Crippen molar-refractivity contribution < 1.29 is 24.2 Å². The van der Waals surface area contributed by atoms with E-state index in [1.807, 2.05) is 25.1 Å². The molecule has 1 fully saturated rings. The van der Waals surface area contributed by atoms with Gasteiger partial charge in [-0.15, -0.1) is 10.2 Å². The van der Waals surface area contributed by atoms with Gasteiger partial charge in [-0.1, -0.05) is 53.3 Å². The zero-order valence-electron chi connectivity index (χ0n) is 21.0. The van der Waals surface area contributed by atoms with Gasteiger partial charge in [-0.05, 0) is 61.4 Å². The maximum absolute atomic E-state index is 13.3. The van der Waals surface area contributed by atoms with Gasteiger partial charge >= 0.3 is 5.91 Å². The minimum absolute atomic E-state index is 0.0375. The second kappa shape index (κ2) is 10.5. The van der Waals surface area contributed by atoms with Crippen LogP contribution in [0.15, 0.2) is 78.4 Å². The number of rotatable bonds is 7. The van der Waals surface area contributed by atoms with Crippen LogP contribution in [0.25, 0.3) is 5.76 Å². The molecule has 0 spiro atoms. The molecule has 1 unspecified atom stereocenters. The van der Waals surface area contributed by atoms with E-state index in [2.05, 4.69) is 16.3 Å². The molecule has 192 valence electrons. The van der Waals surface area contributed by atoms with Gasteiger partial charge in [0.15, 0.2) is 0 Å². The summed E-state index contributed by atoms with van der Waals surface area (Å²) in [5.41, 5.74) is 3.13. The van der Waals surface area contributed by atoms with E-state index in [1.165, 1.54) is 23.3 Å². The molecule has 1 aliphatic rings. The fourth-order valence-corrected chi connectivity index (χ4v) is 5.09. The van der Waals surface area contributed by atoms with Crippen LogP contribution in [0.5, 0.6) is 11.5 Å². The number of carbonyl (C=O) groups excluding carboxylic acids is 2. The minimum Gasteiger partial charge on any atom is -0.507 e. The lowest BCUT2D eigenvalue weighted by molar-refractivity contribution is -0.132.